The average molecular weight is 483 g/mol. The van der Waals surface area contributed by atoms with Crippen LogP contribution < -0.4 is 5.32 Å². The third-order valence-electron chi connectivity index (χ3n) is 5.77. The lowest BCUT2D eigenvalue weighted by atomic mass is 9.93. The number of ether oxygens (including phenoxy) is 3. The molecule has 0 bridgehead atoms. The fourth-order valence-corrected chi connectivity index (χ4v) is 3.99. The molecule has 0 radical (unpaired) electrons. The molecule has 2 amide bonds. The standard InChI is InChI=1S/C27H34N2O6/c1-18(34-17-19-11-7-6-8-12-19)23(28-26(32)35-27(2,3)4)24(30)29-16-21-14-10-9-13-20(21)15-22(29)25(31)33-5/h6-14,18,22-23H,15-17H2,1-5H3,(H,28,32)/t18-,22-,23+/m1/s1. The highest BCUT2D eigenvalue weighted by atomic mass is 16.6. The molecule has 0 fully saturated rings. The summed E-state index contributed by atoms with van der Waals surface area (Å²) in [5.41, 5.74) is 2.11. The molecule has 0 unspecified atom stereocenters. The summed E-state index contributed by atoms with van der Waals surface area (Å²) in [6.07, 6.45) is -1.11. The van der Waals surface area contributed by atoms with Crippen molar-refractivity contribution in [2.45, 2.75) is 71.1 Å². The van der Waals surface area contributed by atoms with Crippen molar-refractivity contribution in [1.29, 1.82) is 0 Å². The van der Waals surface area contributed by atoms with Crippen LogP contribution in [0, 0.1) is 0 Å². The summed E-state index contributed by atoms with van der Waals surface area (Å²) in [6, 6.07) is 15.3. The van der Waals surface area contributed by atoms with Crippen molar-refractivity contribution in [3.8, 4) is 0 Å². The lowest BCUT2D eigenvalue weighted by Crippen LogP contribution is -2.59. The predicted octanol–water partition coefficient (Wildman–Crippen LogP) is 3.61. The smallest absolute Gasteiger partial charge is 0.408 e. The molecule has 8 nitrogen and oxygen atoms in total. The summed E-state index contributed by atoms with van der Waals surface area (Å²) in [5, 5.41) is 2.68. The number of carbonyl (C=O) groups excluding carboxylic acids is 3. The van der Waals surface area contributed by atoms with Gasteiger partial charge >= 0.3 is 12.1 Å². The molecule has 188 valence electrons. The number of hydrogen-bond acceptors (Lipinski definition) is 6. The van der Waals surface area contributed by atoms with E-state index in [-0.39, 0.29) is 13.2 Å². The summed E-state index contributed by atoms with van der Waals surface area (Å²) in [4.78, 5) is 40.6. The molecule has 0 aromatic heterocycles. The van der Waals surface area contributed by atoms with E-state index in [9.17, 15) is 14.4 Å². The highest BCUT2D eigenvalue weighted by molar-refractivity contribution is 5.90. The minimum absolute atomic E-state index is 0.215. The second-order valence-electron chi connectivity index (χ2n) is 9.60. The topological polar surface area (TPSA) is 94.2 Å². The number of benzene rings is 2. The predicted molar refractivity (Wildman–Crippen MR) is 130 cm³/mol. The van der Waals surface area contributed by atoms with E-state index < -0.39 is 41.8 Å². The number of carbonyl (C=O) groups is 3. The average Bonchev–Trinajstić information content (AvgIpc) is 2.83. The molecule has 2 aromatic carbocycles. The zero-order chi connectivity index (χ0) is 25.6. The second kappa shape index (κ2) is 11.4. The molecule has 1 aliphatic heterocycles. The van der Waals surface area contributed by atoms with Gasteiger partial charge in [-0.2, -0.15) is 0 Å². The Hall–Kier alpha value is -3.39. The molecule has 1 heterocycles. The molecule has 0 aliphatic carbocycles. The van der Waals surface area contributed by atoms with E-state index >= 15 is 0 Å². The van der Waals surface area contributed by atoms with Crippen molar-refractivity contribution in [3.05, 3.63) is 71.3 Å². The molecule has 3 rings (SSSR count). The summed E-state index contributed by atoms with van der Waals surface area (Å²) in [7, 11) is 1.30. The molecular weight excluding hydrogens is 448 g/mol. The van der Waals surface area contributed by atoms with Gasteiger partial charge in [-0.3, -0.25) is 4.79 Å². The van der Waals surface area contributed by atoms with Crippen molar-refractivity contribution in [2.75, 3.05) is 7.11 Å². The number of amides is 2. The molecule has 0 spiro atoms. The third kappa shape index (κ3) is 7.05. The second-order valence-corrected chi connectivity index (χ2v) is 9.60. The normalized spacial score (nSPS) is 17.1. The minimum Gasteiger partial charge on any atom is -0.467 e. The van der Waals surface area contributed by atoms with Crippen LogP contribution in [-0.2, 0) is 43.4 Å². The van der Waals surface area contributed by atoms with Gasteiger partial charge in [0, 0.05) is 13.0 Å². The van der Waals surface area contributed by atoms with E-state index in [0.29, 0.717) is 6.42 Å². The van der Waals surface area contributed by atoms with Gasteiger partial charge in [0.1, 0.15) is 17.7 Å². The maximum Gasteiger partial charge on any atom is 0.408 e. The Morgan fingerprint density at radius 3 is 2.29 bits per heavy atom. The Morgan fingerprint density at radius 1 is 1.03 bits per heavy atom. The van der Waals surface area contributed by atoms with Crippen LogP contribution in [0.2, 0.25) is 0 Å². The van der Waals surface area contributed by atoms with E-state index in [1.54, 1.807) is 27.7 Å². The first kappa shape index (κ1) is 26.2. The first-order valence-corrected chi connectivity index (χ1v) is 11.7. The number of alkyl carbamates (subject to hydrolysis) is 1. The number of nitrogens with one attached hydrogen (secondary N) is 1. The lowest BCUT2D eigenvalue weighted by molar-refractivity contribution is -0.156. The Balaban J connectivity index is 1.86. The Labute approximate surface area is 206 Å². The first-order chi connectivity index (χ1) is 16.6. The molecule has 0 saturated heterocycles. The number of fused-ring (bicyclic) bond motifs is 1. The zero-order valence-electron chi connectivity index (χ0n) is 20.9. The van der Waals surface area contributed by atoms with Crippen molar-refractivity contribution < 1.29 is 28.6 Å². The van der Waals surface area contributed by atoms with Crippen molar-refractivity contribution in [2.24, 2.45) is 0 Å². The van der Waals surface area contributed by atoms with Crippen LogP contribution in [-0.4, -0.2) is 53.8 Å². The fourth-order valence-electron chi connectivity index (χ4n) is 3.99. The highest BCUT2D eigenvalue weighted by Crippen LogP contribution is 2.25. The van der Waals surface area contributed by atoms with E-state index in [1.807, 2.05) is 54.6 Å². The van der Waals surface area contributed by atoms with E-state index in [1.165, 1.54) is 12.0 Å². The van der Waals surface area contributed by atoms with Crippen LogP contribution in [0.5, 0.6) is 0 Å². The third-order valence-corrected chi connectivity index (χ3v) is 5.77. The van der Waals surface area contributed by atoms with Gasteiger partial charge in [-0.1, -0.05) is 54.6 Å². The van der Waals surface area contributed by atoms with Crippen LogP contribution in [0.1, 0.15) is 44.4 Å². The Bertz CT molecular complexity index is 1030. The summed E-state index contributed by atoms with van der Waals surface area (Å²) >= 11 is 0. The number of rotatable bonds is 7. The summed E-state index contributed by atoms with van der Waals surface area (Å²) in [6.45, 7) is 7.42. The van der Waals surface area contributed by atoms with Crippen LogP contribution >= 0.6 is 0 Å². The molecular formula is C27H34N2O6. The maximum absolute atomic E-state index is 13.9. The van der Waals surface area contributed by atoms with Crippen LogP contribution in [0.25, 0.3) is 0 Å². The van der Waals surface area contributed by atoms with Crippen molar-refractivity contribution in [3.63, 3.8) is 0 Å². The van der Waals surface area contributed by atoms with E-state index in [4.69, 9.17) is 14.2 Å². The molecule has 3 atom stereocenters. The van der Waals surface area contributed by atoms with E-state index in [2.05, 4.69) is 5.32 Å². The largest absolute Gasteiger partial charge is 0.467 e. The summed E-state index contributed by atoms with van der Waals surface area (Å²) < 4.78 is 16.4. The Kier molecular flexibility index (Phi) is 8.51. The van der Waals surface area contributed by atoms with Crippen LogP contribution in [0.15, 0.2) is 54.6 Å². The fraction of sp³-hybridized carbons (Fsp3) is 0.444. The lowest BCUT2D eigenvalue weighted by Gasteiger charge is -2.38. The van der Waals surface area contributed by atoms with Crippen LogP contribution in [0.4, 0.5) is 4.79 Å². The molecule has 1 aliphatic rings. The van der Waals surface area contributed by atoms with Gasteiger partial charge in [0.15, 0.2) is 0 Å². The van der Waals surface area contributed by atoms with Gasteiger partial charge in [0.2, 0.25) is 5.91 Å². The summed E-state index contributed by atoms with van der Waals surface area (Å²) in [5.74, 6) is -0.956. The van der Waals surface area contributed by atoms with Gasteiger partial charge in [-0.15, -0.1) is 0 Å². The number of hydrogen-bond donors (Lipinski definition) is 1. The number of nitrogens with zero attached hydrogens (tertiary/aromatic N) is 1. The SMILES string of the molecule is COC(=O)[C@H]1Cc2ccccc2CN1C(=O)[C@@H](NC(=O)OC(C)(C)C)[C@@H](C)OCc1ccccc1. The van der Waals surface area contributed by atoms with Gasteiger partial charge in [0.05, 0.1) is 19.8 Å². The van der Waals surface area contributed by atoms with E-state index in [0.717, 1.165) is 16.7 Å². The maximum atomic E-state index is 13.9. The highest BCUT2D eigenvalue weighted by Gasteiger charge is 2.41. The van der Waals surface area contributed by atoms with Gasteiger partial charge < -0.3 is 24.4 Å². The van der Waals surface area contributed by atoms with Gasteiger partial charge in [-0.05, 0) is 44.4 Å². The van der Waals surface area contributed by atoms with Gasteiger partial charge in [-0.25, -0.2) is 9.59 Å². The molecule has 0 saturated carbocycles. The molecule has 1 N–H and O–H groups in total. The monoisotopic (exact) mass is 482 g/mol. The van der Waals surface area contributed by atoms with Crippen molar-refractivity contribution >= 4 is 18.0 Å². The van der Waals surface area contributed by atoms with Crippen molar-refractivity contribution in [1.82, 2.24) is 10.2 Å². The first-order valence-electron chi connectivity index (χ1n) is 11.7. The Morgan fingerprint density at radius 2 is 1.66 bits per heavy atom. The van der Waals surface area contributed by atoms with Crippen LogP contribution in [0.3, 0.4) is 0 Å². The quantitative estimate of drug-likeness (QED) is 0.606. The minimum atomic E-state index is -1.08. The molecule has 35 heavy (non-hydrogen) atoms. The number of methoxy groups -OCH3 is 1. The molecule has 2 aromatic rings. The molecule has 8 heteroatoms. The zero-order valence-corrected chi connectivity index (χ0v) is 20.9. The number of esters is 1. The van der Waals surface area contributed by atoms with Gasteiger partial charge in [0.25, 0.3) is 0 Å².